The van der Waals surface area contributed by atoms with Gasteiger partial charge in [-0.05, 0) is 51.0 Å². The van der Waals surface area contributed by atoms with Crippen LogP contribution in [0.5, 0.6) is 0 Å². The van der Waals surface area contributed by atoms with E-state index in [-0.39, 0.29) is 20.1 Å². The van der Waals surface area contributed by atoms with Crippen LogP contribution in [0.4, 0.5) is 0 Å². The summed E-state index contributed by atoms with van der Waals surface area (Å²) in [7, 11) is 0. The number of aryl methyl sites for hydroxylation is 2. The number of aromatic nitrogens is 2. The van der Waals surface area contributed by atoms with Gasteiger partial charge in [-0.25, -0.2) is 0 Å². The molecule has 3 aromatic heterocycles. The zero-order chi connectivity index (χ0) is 34.0. The first kappa shape index (κ1) is 35.6. The molecule has 0 saturated carbocycles. The van der Waals surface area contributed by atoms with Crippen LogP contribution in [-0.2, 0) is 20.1 Å². The van der Waals surface area contributed by atoms with Gasteiger partial charge in [0.15, 0.2) is 0 Å². The standard InChI is InChI=1S/C30H20NS.C15H18GeN.Ir/c1-20-18-27(31-19-26(20)22-12-6-3-7-13-22)24-15-8-16-25-29-23(21-10-4-2-5-11-21)14-9-17-28(29)32-30(24)25;1-12-10-15(13-8-6-5-7-9-13)17-11-14(12)16(2,3)4;/h2-14,16-19H,1H3;5-8,10-11H,1-4H3;/q2*-1;. The Morgan fingerprint density at radius 2 is 1.26 bits per heavy atom. The summed E-state index contributed by atoms with van der Waals surface area (Å²) < 4.78 is 4.02. The van der Waals surface area contributed by atoms with Gasteiger partial charge in [0.05, 0.1) is 0 Å². The van der Waals surface area contributed by atoms with Crippen molar-refractivity contribution in [3.63, 3.8) is 0 Å². The Balaban J connectivity index is 0.000000204. The number of hydrogen-bond donors (Lipinski definition) is 0. The third-order valence-electron chi connectivity index (χ3n) is 8.90. The van der Waals surface area contributed by atoms with E-state index in [4.69, 9.17) is 4.98 Å². The van der Waals surface area contributed by atoms with Crippen molar-refractivity contribution in [3.05, 3.63) is 163 Å². The Kier molecular flexibility index (Phi) is 11.0. The molecule has 8 rings (SSSR count). The largest absolute Gasteiger partial charge is 0 e. The number of thiophene rings is 1. The molecule has 50 heavy (non-hydrogen) atoms. The molecular formula is C45H38GeIrN2S-2. The SMILES string of the molecule is Cc1cc(-c2[c-]ccc3c2sc2cccc(-c4ccccc4)c23)ncc1-c1ccccc1.Cc1cc(-c2[c-]cccc2)nc[c]1[Ge]([CH3])([CH3])[CH3].[Ir]. The summed E-state index contributed by atoms with van der Waals surface area (Å²) in [5.41, 5.74) is 11.6. The summed E-state index contributed by atoms with van der Waals surface area (Å²) in [4.78, 5) is 9.45. The van der Waals surface area contributed by atoms with Crippen molar-refractivity contribution in [2.24, 2.45) is 0 Å². The molecule has 5 heteroatoms. The third-order valence-corrected chi connectivity index (χ3v) is 14.6. The Morgan fingerprint density at radius 1 is 0.600 bits per heavy atom. The van der Waals surface area contributed by atoms with E-state index in [9.17, 15) is 0 Å². The second kappa shape index (κ2) is 15.4. The smallest absolute Gasteiger partial charge is 0 e. The fourth-order valence-corrected chi connectivity index (χ4v) is 11.3. The Bertz CT molecular complexity index is 2380. The van der Waals surface area contributed by atoms with Gasteiger partial charge >= 0.3 is 106 Å². The Morgan fingerprint density at radius 3 is 1.90 bits per heavy atom. The molecule has 0 saturated heterocycles. The van der Waals surface area contributed by atoms with Crippen LogP contribution in [0.15, 0.2) is 140 Å². The van der Waals surface area contributed by atoms with Crippen molar-refractivity contribution < 1.29 is 20.1 Å². The second-order valence-electron chi connectivity index (χ2n) is 13.4. The number of hydrogen-bond acceptors (Lipinski definition) is 3. The molecule has 0 spiro atoms. The minimum atomic E-state index is -1.77. The van der Waals surface area contributed by atoms with E-state index in [0.717, 1.165) is 22.5 Å². The van der Waals surface area contributed by atoms with E-state index in [1.807, 2.05) is 47.9 Å². The van der Waals surface area contributed by atoms with E-state index in [1.165, 1.54) is 57.9 Å². The molecule has 0 aliphatic heterocycles. The maximum Gasteiger partial charge on any atom is 0 e. The van der Waals surface area contributed by atoms with E-state index < -0.39 is 13.3 Å². The first-order valence-electron chi connectivity index (χ1n) is 16.7. The molecular weight excluding hydrogens is 865 g/mol. The van der Waals surface area contributed by atoms with Crippen molar-refractivity contribution >= 4 is 49.2 Å². The molecule has 0 bridgehead atoms. The van der Waals surface area contributed by atoms with Gasteiger partial charge in [-0.1, -0.05) is 84.2 Å². The zero-order valence-corrected chi connectivity index (χ0v) is 34.2. The van der Waals surface area contributed by atoms with Gasteiger partial charge in [0, 0.05) is 36.6 Å². The minimum Gasteiger partial charge on any atom is 0 e. The van der Waals surface area contributed by atoms with E-state index in [1.54, 1.807) is 0 Å². The topological polar surface area (TPSA) is 25.8 Å². The molecule has 0 atom stereocenters. The number of rotatable bonds is 5. The predicted octanol–water partition coefficient (Wildman–Crippen LogP) is 12.0. The van der Waals surface area contributed by atoms with Gasteiger partial charge in [-0.2, -0.15) is 11.3 Å². The third kappa shape index (κ3) is 7.45. The van der Waals surface area contributed by atoms with Crippen molar-refractivity contribution in [2.45, 2.75) is 31.1 Å². The monoisotopic (exact) mass is 905 g/mol. The van der Waals surface area contributed by atoms with Crippen LogP contribution in [0.3, 0.4) is 0 Å². The molecule has 0 N–H and O–H groups in total. The van der Waals surface area contributed by atoms with Crippen molar-refractivity contribution in [1.29, 1.82) is 0 Å². The fraction of sp³-hybridized carbons (Fsp3) is 0.111. The Labute approximate surface area is 316 Å². The van der Waals surface area contributed by atoms with Gasteiger partial charge in [-0.3, -0.25) is 0 Å². The Hall–Kier alpha value is -4.19. The van der Waals surface area contributed by atoms with E-state index >= 15 is 0 Å². The molecule has 0 fully saturated rings. The van der Waals surface area contributed by atoms with Gasteiger partial charge in [-0.15, -0.1) is 23.8 Å². The average Bonchev–Trinajstić information content (AvgIpc) is 3.52. The predicted molar refractivity (Wildman–Crippen MR) is 213 cm³/mol. The second-order valence-corrected chi connectivity index (χ2v) is 25.0. The van der Waals surface area contributed by atoms with Crippen molar-refractivity contribution in [1.82, 2.24) is 9.97 Å². The molecule has 249 valence electrons. The molecule has 1 radical (unpaired) electrons. The van der Waals surface area contributed by atoms with E-state index in [2.05, 4.69) is 151 Å². The van der Waals surface area contributed by atoms with Crippen LogP contribution in [0.25, 0.3) is 64.9 Å². The zero-order valence-electron chi connectivity index (χ0n) is 28.9. The van der Waals surface area contributed by atoms with Gasteiger partial charge in [0.2, 0.25) is 0 Å². The fourth-order valence-electron chi connectivity index (χ4n) is 6.49. The summed E-state index contributed by atoms with van der Waals surface area (Å²) >= 11 is 0.0545. The van der Waals surface area contributed by atoms with Crippen molar-refractivity contribution in [3.8, 4) is 44.8 Å². The maximum absolute atomic E-state index is 4.86. The van der Waals surface area contributed by atoms with Gasteiger partial charge < -0.3 is 4.98 Å². The normalized spacial score (nSPS) is 11.1. The van der Waals surface area contributed by atoms with E-state index in [0.29, 0.717) is 0 Å². The average molecular weight is 904 g/mol. The van der Waals surface area contributed by atoms with Crippen LogP contribution in [0.2, 0.25) is 17.3 Å². The number of benzene rings is 5. The molecule has 5 aromatic carbocycles. The number of nitrogens with zero attached hydrogens (tertiary/aromatic N) is 2. The minimum absolute atomic E-state index is 0. The van der Waals surface area contributed by atoms with Crippen LogP contribution in [-0.4, -0.2) is 23.2 Å². The quantitative estimate of drug-likeness (QED) is 0.127. The molecule has 3 heterocycles. The van der Waals surface area contributed by atoms with Crippen LogP contribution in [0, 0.1) is 26.0 Å². The molecule has 0 aliphatic carbocycles. The molecule has 8 aromatic rings. The van der Waals surface area contributed by atoms with Crippen LogP contribution < -0.4 is 4.40 Å². The van der Waals surface area contributed by atoms with Crippen LogP contribution >= 0.6 is 11.3 Å². The van der Waals surface area contributed by atoms with Gasteiger partial charge in [0.1, 0.15) is 0 Å². The first-order chi connectivity index (χ1) is 23.8. The molecule has 2 nitrogen and oxygen atoms in total. The molecule has 0 unspecified atom stereocenters. The first-order valence-corrected chi connectivity index (χ1v) is 24.8. The summed E-state index contributed by atoms with van der Waals surface area (Å²) in [5, 5.41) is 2.58. The molecule has 0 amide bonds. The summed E-state index contributed by atoms with van der Waals surface area (Å²) in [5.74, 6) is 7.20. The van der Waals surface area contributed by atoms with Crippen LogP contribution in [0.1, 0.15) is 11.1 Å². The maximum atomic E-state index is 4.86. The van der Waals surface area contributed by atoms with Crippen molar-refractivity contribution in [2.75, 3.05) is 0 Å². The molecule has 0 aliphatic rings. The summed E-state index contributed by atoms with van der Waals surface area (Å²) in [6.07, 6.45) is 4.07. The summed E-state index contributed by atoms with van der Waals surface area (Å²) in [6, 6.07) is 51.0. The number of fused-ring (bicyclic) bond motifs is 3. The number of pyridine rings is 2. The summed E-state index contributed by atoms with van der Waals surface area (Å²) in [6.45, 7) is 4.35. The van der Waals surface area contributed by atoms with Gasteiger partial charge in [0.25, 0.3) is 0 Å².